The van der Waals surface area contributed by atoms with Crippen molar-refractivity contribution in [3.8, 4) is 0 Å². The molecule has 0 bridgehead atoms. The van der Waals surface area contributed by atoms with E-state index in [2.05, 4.69) is 4.98 Å². The molecule has 0 aliphatic heterocycles. The quantitative estimate of drug-likeness (QED) is 0.866. The molecule has 1 aliphatic carbocycles. The number of benzene rings is 1. The molecule has 4 nitrogen and oxygen atoms in total. The highest BCUT2D eigenvalue weighted by atomic mass is 35.5. The van der Waals surface area contributed by atoms with Crippen molar-refractivity contribution in [1.82, 2.24) is 9.88 Å². The Kier molecular flexibility index (Phi) is 3.49. The van der Waals surface area contributed by atoms with E-state index in [0.717, 1.165) is 18.4 Å². The van der Waals surface area contributed by atoms with E-state index >= 15 is 0 Å². The maximum atomic E-state index is 12.6. The molecular formula is C15H15ClN2O2. The predicted octanol–water partition coefficient (Wildman–Crippen LogP) is 3.44. The van der Waals surface area contributed by atoms with Gasteiger partial charge in [0.15, 0.2) is 12.1 Å². The third-order valence-electron chi connectivity index (χ3n) is 3.44. The fourth-order valence-corrected chi connectivity index (χ4v) is 2.44. The molecule has 0 radical (unpaired) electrons. The normalized spacial score (nSPS) is 14.3. The minimum atomic E-state index is -0.0706. The Bertz CT molecular complexity index is 634. The van der Waals surface area contributed by atoms with Gasteiger partial charge in [-0.05, 0) is 37.5 Å². The summed E-state index contributed by atoms with van der Waals surface area (Å²) in [7, 11) is 0. The van der Waals surface area contributed by atoms with E-state index in [1.54, 1.807) is 6.92 Å². The van der Waals surface area contributed by atoms with Crippen LogP contribution in [0.25, 0.3) is 0 Å². The summed E-state index contributed by atoms with van der Waals surface area (Å²) in [5.41, 5.74) is 1.43. The molecule has 20 heavy (non-hydrogen) atoms. The number of oxazole rings is 1. The van der Waals surface area contributed by atoms with Gasteiger partial charge in [0.1, 0.15) is 5.76 Å². The van der Waals surface area contributed by atoms with Crippen molar-refractivity contribution in [2.24, 2.45) is 0 Å². The number of hydrogen-bond donors (Lipinski definition) is 0. The molecule has 1 heterocycles. The van der Waals surface area contributed by atoms with E-state index < -0.39 is 0 Å². The van der Waals surface area contributed by atoms with Crippen LogP contribution in [0.3, 0.4) is 0 Å². The molecule has 1 aromatic carbocycles. The summed E-state index contributed by atoms with van der Waals surface area (Å²) in [6.45, 7) is 2.31. The molecule has 1 amide bonds. The van der Waals surface area contributed by atoms with Gasteiger partial charge in [-0.3, -0.25) is 4.79 Å². The van der Waals surface area contributed by atoms with Gasteiger partial charge in [0, 0.05) is 17.6 Å². The average molecular weight is 291 g/mol. The zero-order valence-corrected chi connectivity index (χ0v) is 11.9. The van der Waals surface area contributed by atoms with Gasteiger partial charge in [0.05, 0.1) is 0 Å². The number of nitrogens with zero attached hydrogens (tertiary/aromatic N) is 2. The fourth-order valence-electron chi connectivity index (χ4n) is 2.23. The largest absolute Gasteiger partial charge is 0.448 e. The molecule has 1 fully saturated rings. The van der Waals surface area contributed by atoms with Gasteiger partial charge in [-0.25, -0.2) is 4.98 Å². The molecule has 0 N–H and O–H groups in total. The van der Waals surface area contributed by atoms with Gasteiger partial charge in [-0.1, -0.05) is 23.7 Å². The molecule has 0 atom stereocenters. The summed E-state index contributed by atoms with van der Waals surface area (Å²) in [5.74, 6) is 0.491. The molecule has 1 aromatic heterocycles. The van der Waals surface area contributed by atoms with Crippen molar-refractivity contribution in [3.05, 3.63) is 52.7 Å². The molecule has 104 valence electrons. The number of rotatable bonds is 4. The van der Waals surface area contributed by atoms with Crippen LogP contribution in [0.15, 0.2) is 35.1 Å². The first-order chi connectivity index (χ1) is 9.65. The highest BCUT2D eigenvalue weighted by Crippen LogP contribution is 2.30. The highest BCUT2D eigenvalue weighted by molar-refractivity contribution is 6.30. The second-order valence-corrected chi connectivity index (χ2v) is 5.49. The van der Waals surface area contributed by atoms with Crippen LogP contribution in [0.1, 0.15) is 34.7 Å². The van der Waals surface area contributed by atoms with E-state index in [1.807, 2.05) is 29.2 Å². The number of halogens is 1. The van der Waals surface area contributed by atoms with E-state index in [1.165, 1.54) is 6.39 Å². The molecular weight excluding hydrogens is 276 g/mol. The van der Waals surface area contributed by atoms with Gasteiger partial charge in [0.25, 0.3) is 5.91 Å². The van der Waals surface area contributed by atoms with Gasteiger partial charge < -0.3 is 9.32 Å². The number of aromatic nitrogens is 1. The summed E-state index contributed by atoms with van der Waals surface area (Å²) in [6.07, 6.45) is 3.40. The lowest BCUT2D eigenvalue weighted by Gasteiger charge is -2.21. The maximum Gasteiger partial charge on any atom is 0.276 e. The topological polar surface area (TPSA) is 46.3 Å². The van der Waals surface area contributed by atoms with Crippen LogP contribution < -0.4 is 0 Å². The van der Waals surface area contributed by atoms with Crippen molar-refractivity contribution in [3.63, 3.8) is 0 Å². The Morgan fingerprint density at radius 3 is 2.90 bits per heavy atom. The molecule has 0 unspecified atom stereocenters. The van der Waals surface area contributed by atoms with Crippen LogP contribution in [0.2, 0.25) is 5.02 Å². The van der Waals surface area contributed by atoms with Crippen molar-refractivity contribution in [2.75, 3.05) is 0 Å². The monoisotopic (exact) mass is 290 g/mol. The lowest BCUT2D eigenvalue weighted by molar-refractivity contribution is 0.0723. The molecule has 0 saturated heterocycles. The average Bonchev–Trinajstić information content (AvgIpc) is 3.17. The zero-order chi connectivity index (χ0) is 14.1. The first-order valence-electron chi connectivity index (χ1n) is 6.60. The molecule has 1 aliphatic rings. The van der Waals surface area contributed by atoms with E-state index in [4.69, 9.17) is 16.0 Å². The van der Waals surface area contributed by atoms with Crippen LogP contribution >= 0.6 is 11.6 Å². The van der Waals surface area contributed by atoms with Gasteiger partial charge in [-0.15, -0.1) is 0 Å². The second kappa shape index (κ2) is 5.29. The van der Waals surface area contributed by atoms with E-state index in [9.17, 15) is 4.79 Å². The van der Waals surface area contributed by atoms with Crippen LogP contribution in [-0.2, 0) is 6.54 Å². The Morgan fingerprint density at radius 2 is 2.30 bits per heavy atom. The van der Waals surface area contributed by atoms with Gasteiger partial charge >= 0.3 is 0 Å². The number of amides is 1. The predicted molar refractivity (Wildman–Crippen MR) is 75.6 cm³/mol. The maximum absolute atomic E-state index is 12.6. The SMILES string of the molecule is Cc1ocnc1C(=O)N(Cc1cccc(Cl)c1)C1CC1. The Morgan fingerprint density at radius 1 is 1.50 bits per heavy atom. The molecule has 0 spiro atoms. The number of aryl methyl sites for hydroxylation is 1. The Hall–Kier alpha value is -1.81. The van der Waals surface area contributed by atoms with Crippen molar-refractivity contribution >= 4 is 17.5 Å². The lowest BCUT2D eigenvalue weighted by atomic mass is 10.2. The summed E-state index contributed by atoms with van der Waals surface area (Å²) in [6, 6.07) is 7.90. The van der Waals surface area contributed by atoms with Gasteiger partial charge in [-0.2, -0.15) is 0 Å². The minimum absolute atomic E-state index is 0.0706. The third kappa shape index (κ3) is 2.70. The summed E-state index contributed by atoms with van der Waals surface area (Å²) in [5, 5.41) is 0.684. The first kappa shape index (κ1) is 13.2. The number of carbonyl (C=O) groups excluding carboxylic acids is 1. The van der Waals surface area contributed by atoms with Gasteiger partial charge in [0.2, 0.25) is 0 Å². The second-order valence-electron chi connectivity index (χ2n) is 5.05. The molecule has 1 saturated carbocycles. The van der Waals surface area contributed by atoms with Crippen LogP contribution in [0.5, 0.6) is 0 Å². The molecule has 2 aromatic rings. The standard InChI is InChI=1S/C15H15ClN2O2/c1-10-14(17-9-20-10)15(19)18(13-5-6-13)8-11-3-2-4-12(16)7-11/h2-4,7,9,13H,5-6,8H2,1H3. The zero-order valence-electron chi connectivity index (χ0n) is 11.2. The van der Waals surface area contributed by atoms with Crippen molar-refractivity contribution in [2.45, 2.75) is 32.4 Å². The smallest absolute Gasteiger partial charge is 0.276 e. The fraction of sp³-hybridized carbons (Fsp3) is 0.333. The van der Waals surface area contributed by atoms with Crippen LogP contribution in [0, 0.1) is 6.92 Å². The first-order valence-corrected chi connectivity index (χ1v) is 6.98. The summed E-state index contributed by atoms with van der Waals surface area (Å²) >= 11 is 6.00. The number of hydrogen-bond acceptors (Lipinski definition) is 3. The Labute approximate surface area is 122 Å². The molecule has 5 heteroatoms. The molecule has 3 rings (SSSR count). The number of carbonyl (C=O) groups is 1. The minimum Gasteiger partial charge on any atom is -0.448 e. The van der Waals surface area contributed by atoms with E-state index in [0.29, 0.717) is 29.1 Å². The highest BCUT2D eigenvalue weighted by Gasteiger charge is 2.34. The third-order valence-corrected chi connectivity index (χ3v) is 3.67. The van der Waals surface area contributed by atoms with Crippen molar-refractivity contribution < 1.29 is 9.21 Å². The van der Waals surface area contributed by atoms with Crippen molar-refractivity contribution in [1.29, 1.82) is 0 Å². The van der Waals surface area contributed by atoms with Crippen LogP contribution in [0.4, 0.5) is 0 Å². The summed E-state index contributed by atoms with van der Waals surface area (Å²) < 4.78 is 5.13. The summed E-state index contributed by atoms with van der Waals surface area (Å²) in [4.78, 5) is 18.4. The van der Waals surface area contributed by atoms with E-state index in [-0.39, 0.29) is 5.91 Å². The Balaban J connectivity index is 1.83. The van der Waals surface area contributed by atoms with Crippen LogP contribution in [-0.4, -0.2) is 21.8 Å². The lowest BCUT2D eigenvalue weighted by Crippen LogP contribution is -2.33.